The van der Waals surface area contributed by atoms with Crippen molar-refractivity contribution in [2.45, 2.75) is 13.0 Å². The summed E-state index contributed by atoms with van der Waals surface area (Å²) in [6.45, 7) is 0.169. The number of pyridine rings is 1. The molecule has 102 valence electrons. The van der Waals surface area contributed by atoms with E-state index in [1.165, 1.54) is 0 Å². The van der Waals surface area contributed by atoms with Crippen LogP contribution >= 0.6 is 22.9 Å². The van der Waals surface area contributed by atoms with E-state index in [2.05, 4.69) is 4.98 Å². The number of imidazole rings is 1. The Bertz CT molecular complexity index is 737. The van der Waals surface area contributed by atoms with Gasteiger partial charge in [-0.1, -0.05) is 11.6 Å². The Hall–Kier alpha value is -1.85. The summed E-state index contributed by atoms with van der Waals surface area (Å²) in [4.78, 5) is 16.0. The van der Waals surface area contributed by atoms with Gasteiger partial charge in [-0.15, -0.1) is 0 Å². The number of rotatable bonds is 4. The lowest BCUT2D eigenvalue weighted by molar-refractivity contribution is -0.144. The molecule has 0 aliphatic rings. The molecular weight excluding hydrogens is 296 g/mol. The molecule has 3 aromatic rings. The van der Waals surface area contributed by atoms with Crippen molar-refractivity contribution in [1.82, 2.24) is 9.38 Å². The van der Waals surface area contributed by atoms with Crippen molar-refractivity contribution in [1.29, 1.82) is 0 Å². The largest absolute Gasteiger partial charge is 0.459 e. The Kier molecular flexibility index (Phi) is 3.71. The number of carbonyl (C=O) groups excluding carboxylic acids is 1. The van der Waals surface area contributed by atoms with E-state index in [1.54, 1.807) is 29.8 Å². The van der Waals surface area contributed by atoms with E-state index in [0.717, 1.165) is 11.2 Å². The van der Waals surface area contributed by atoms with Crippen LogP contribution in [0.25, 0.3) is 5.65 Å². The van der Waals surface area contributed by atoms with Gasteiger partial charge < -0.3 is 9.14 Å². The molecule has 3 rings (SSSR count). The Morgan fingerprint density at radius 1 is 1.35 bits per heavy atom. The molecule has 0 saturated carbocycles. The van der Waals surface area contributed by atoms with Crippen molar-refractivity contribution < 1.29 is 9.53 Å². The van der Waals surface area contributed by atoms with Crippen LogP contribution in [-0.4, -0.2) is 15.4 Å². The van der Waals surface area contributed by atoms with Crippen molar-refractivity contribution in [2.75, 3.05) is 0 Å². The molecule has 0 aliphatic heterocycles. The number of hydrogen-bond acceptors (Lipinski definition) is 4. The van der Waals surface area contributed by atoms with Gasteiger partial charge in [-0.05, 0) is 34.5 Å². The monoisotopic (exact) mass is 306 g/mol. The number of ether oxygens (including phenoxy) is 1. The van der Waals surface area contributed by atoms with Crippen molar-refractivity contribution in [3.63, 3.8) is 0 Å². The van der Waals surface area contributed by atoms with Gasteiger partial charge in [0.1, 0.15) is 12.3 Å². The highest BCUT2D eigenvalue weighted by Gasteiger charge is 2.08. The standard InChI is InChI=1S/C14H11ClN2O2S/c15-11-1-2-13-16-12(7-17(13)6-11)8-19-14(18)5-10-3-4-20-9-10/h1-4,6-7,9H,5,8H2. The fraction of sp³-hybridized carbons (Fsp3) is 0.143. The third-order valence-electron chi connectivity index (χ3n) is 2.77. The first-order valence-corrected chi connectivity index (χ1v) is 7.32. The summed E-state index contributed by atoms with van der Waals surface area (Å²) < 4.78 is 7.03. The second-order valence-corrected chi connectivity index (χ2v) is 5.53. The van der Waals surface area contributed by atoms with E-state index in [9.17, 15) is 4.79 Å². The van der Waals surface area contributed by atoms with Gasteiger partial charge in [0.2, 0.25) is 0 Å². The molecule has 0 bridgehead atoms. The van der Waals surface area contributed by atoms with Gasteiger partial charge in [0.05, 0.1) is 17.1 Å². The molecule has 0 spiro atoms. The molecule has 0 atom stereocenters. The number of aromatic nitrogens is 2. The molecule has 4 nitrogen and oxygen atoms in total. The van der Waals surface area contributed by atoms with Crippen LogP contribution in [0.3, 0.4) is 0 Å². The van der Waals surface area contributed by atoms with Crippen molar-refractivity contribution in [2.24, 2.45) is 0 Å². The molecule has 0 radical (unpaired) electrons. The van der Waals surface area contributed by atoms with Gasteiger partial charge >= 0.3 is 5.97 Å². The molecule has 3 heterocycles. The summed E-state index contributed by atoms with van der Waals surface area (Å²) in [6.07, 6.45) is 3.86. The maximum absolute atomic E-state index is 11.7. The highest BCUT2D eigenvalue weighted by molar-refractivity contribution is 7.07. The lowest BCUT2D eigenvalue weighted by Gasteiger charge is -2.01. The summed E-state index contributed by atoms with van der Waals surface area (Å²) in [5.74, 6) is -0.251. The normalized spacial score (nSPS) is 10.8. The average molecular weight is 307 g/mol. The van der Waals surface area contributed by atoms with Crippen LogP contribution in [0, 0.1) is 0 Å². The number of nitrogens with zero attached hydrogens (tertiary/aromatic N) is 2. The quantitative estimate of drug-likeness (QED) is 0.694. The highest BCUT2D eigenvalue weighted by Crippen LogP contribution is 2.13. The number of esters is 1. The molecule has 0 saturated heterocycles. The minimum absolute atomic E-state index is 0.169. The zero-order valence-electron chi connectivity index (χ0n) is 10.5. The number of carbonyl (C=O) groups is 1. The predicted octanol–water partition coefficient (Wildman–Crippen LogP) is 3.34. The second-order valence-electron chi connectivity index (χ2n) is 4.31. The van der Waals surface area contributed by atoms with E-state index >= 15 is 0 Å². The molecule has 0 aliphatic carbocycles. The highest BCUT2D eigenvalue weighted by atomic mass is 35.5. The van der Waals surface area contributed by atoms with Gasteiger partial charge in [-0.25, -0.2) is 4.98 Å². The van der Waals surface area contributed by atoms with Crippen LogP contribution in [0.15, 0.2) is 41.4 Å². The minimum Gasteiger partial charge on any atom is -0.459 e. The predicted molar refractivity (Wildman–Crippen MR) is 78.0 cm³/mol. The average Bonchev–Trinajstić information content (AvgIpc) is 3.04. The molecule has 0 N–H and O–H groups in total. The third kappa shape index (κ3) is 3.00. The second kappa shape index (κ2) is 5.64. The topological polar surface area (TPSA) is 43.6 Å². The molecule has 0 fully saturated rings. The molecule has 0 unspecified atom stereocenters. The first-order valence-electron chi connectivity index (χ1n) is 6.00. The van der Waals surface area contributed by atoms with Crippen LogP contribution in [0.5, 0.6) is 0 Å². The molecule has 0 aromatic carbocycles. The molecule has 20 heavy (non-hydrogen) atoms. The van der Waals surface area contributed by atoms with Gasteiger partial charge in [-0.3, -0.25) is 4.79 Å². The Morgan fingerprint density at radius 2 is 2.25 bits per heavy atom. The maximum Gasteiger partial charge on any atom is 0.310 e. The maximum atomic E-state index is 11.7. The first-order chi connectivity index (χ1) is 9.70. The van der Waals surface area contributed by atoms with E-state index in [0.29, 0.717) is 17.1 Å². The zero-order chi connectivity index (χ0) is 13.9. The Balaban J connectivity index is 1.63. The summed E-state index contributed by atoms with van der Waals surface area (Å²) in [5.41, 5.74) is 2.45. The molecule has 3 aromatic heterocycles. The Morgan fingerprint density at radius 3 is 3.05 bits per heavy atom. The number of halogens is 1. The summed E-state index contributed by atoms with van der Waals surface area (Å²) in [7, 11) is 0. The van der Waals surface area contributed by atoms with E-state index in [-0.39, 0.29) is 12.6 Å². The van der Waals surface area contributed by atoms with Crippen LogP contribution < -0.4 is 0 Å². The fourth-order valence-electron chi connectivity index (χ4n) is 1.85. The number of fused-ring (bicyclic) bond motifs is 1. The minimum atomic E-state index is -0.251. The summed E-state index contributed by atoms with van der Waals surface area (Å²) >= 11 is 7.47. The van der Waals surface area contributed by atoms with Crippen molar-refractivity contribution in [3.05, 3.63) is 57.6 Å². The summed E-state index contributed by atoms with van der Waals surface area (Å²) in [5, 5.41) is 4.51. The number of thiophene rings is 1. The first kappa shape index (κ1) is 13.1. The van der Waals surface area contributed by atoms with E-state index in [1.807, 2.05) is 27.3 Å². The SMILES string of the molecule is O=C(Cc1ccsc1)OCc1cn2cc(Cl)ccc2n1. The van der Waals surface area contributed by atoms with Gasteiger partial charge in [-0.2, -0.15) is 11.3 Å². The smallest absolute Gasteiger partial charge is 0.310 e. The third-order valence-corrected chi connectivity index (χ3v) is 3.73. The van der Waals surface area contributed by atoms with Gasteiger partial charge in [0.25, 0.3) is 0 Å². The summed E-state index contributed by atoms with van der Waals surface area (Å²) in [6, 6.07) is 5.51. The molecule has 0 amide bonds. The van der Waals surface area contributed by atoms with E-state index in [4.69, 9.17) is 16.3 Å². The van der Waals surface area contributed by atoms with Crippen molar-refractivity contribution in [3.8, 4) is 0 Å². The van der Waals surface area contributed by atoms with Crippen LogP contribution in [-0.2, 0) is 22.6 Å². The van der Waals surface area contributed by atoms with Crippen LogP contribution in [0.4, 0.5) is 0 Å². The lowest BCUT2D eigenvalue weighted by atomic mass is 10.2. The number of hydrogen-bond donors (Lipinski definition) is 0. The fourth-order valence-corrected chi connectivity index (χ4v) is 2.69. The zero-order valence-corrected chi connectivity index (χ0v) is 12.0. The van der Waals surface area contributed by atoms with Crippen LogP contribution in [0.1, 0.15) is 11.3 Å². The molecular formula is C14H11ClN2O2S. The van der Waals surface area contributed by atoms with E-state index < -0.39 is 0 Å². The molecule has 6 heteroatoms. The van der Waals surface area contributed by atoms with Gasteiger partial charge in [0, 0.05) is 12.4 Å². The Labute approximate surface area is 124 Å². The van der Waals surface area contributed by atoms with Crippen LogP contribution in [0.2, 0.25) is 5.02 Å². The van der Waals surface area contributed by atoms with Gasteiger partial charge in [0.15, 0.2) is 0 Å². The van der Waals surface area contributed by atoms with Crippen molar-refractivity contribution >= 4 is 34.6 Å². The lowest BCUT2D eigenvalue weighted by Crippen LogP contribution is -2.07.